The van der Waals surface area contributed by atoms with Crippen LogP contribution in [-0.4, -0.2) is 53.0 Å². The molecule has 6 nitrogen and oxygen atoms in total. The number of carbonyl (C=O) groups excluding carboxylic acids is 1. The normalized spacial score (nSPS) is 18.0. The number of amides is 1. The molecule has 0 unspecified atom stereocenters. The maximum Gasteiger partial charge on any atom is 0.252 e. The van der Waals surface area contributed by atoms with E-state index in [0.717, 1.165) is 52.6 Å². The number of piperidine rings is 1. The average molecular weight is 597 g/mol. The molecule has 206 valence electrons. The number of nitrogens with zero attached hydrogens (tertiary/aromatic N) is 3. The first kappa shape index (κ1) is 29.3. The lowest BCUT2D eigenvalue weighted by molar-refractivity contribution is 0.0952. The third kappa shape index (κ3) is 7.30. The molecule has 0 spiro atoms. The smallest absolute Gasteiger partial charge is 0.252 e. The van der Waals surface area contributed by atoms with Gasteiger partial charge in [-0.1, -0.05) is 17.7 Å². The Hall–Kier alpha value is -1.64. The van der Waals surface area contributed by atoms with Crippen LogP contribution in [0.15, 0.2) is 30.5 Å². The molecule has 6 rings (SSSR count). The Morgan fingerprint density at radius 3 is 2.61 bits per heavy atom. The van der Waals surface area contributed by atoms with Crippen LogP contribution in [0.4, 0.5) is 5.95 Å². The van der Waals surface area contributed by atoms with Crippen molar-refractivity contribution in [1.29, 1.82) is 0 Å². The van der Waals surface area contributed by atoms with Crippen molar-refractivity contribution in [2.45, 2.75) is 57.4 Å². The van der Waals surface area contributed by atoms with Gasteiger partial charge in [0.05, 0.1) is 16.1 Å². The Balaban J connectivity index is 0.00000168. The zero-order valence-corrected chi connectivity index (χ0v) is 24.7. The predicted octanol–water partition coefficient (Wildman–Crippen LogP) is 7.06. The molecule has 3 fully saturated rings. The zero-order chi connectivity index (χ0) is 24.5. The summed E-state index contributed by atoms with van der Waals surface area (Å²) >= 11 is 8.13. The number of anilines is 1. The van der Waals surface area contributed by atoms with E-state index in [-0.39, 0.29) is 30.7 Å². The molecule has 0 atom stereocenters. The number of likely N-dealkylation sites (tertiary alicyclic amines) is 1. The molecule has 3 aromatic rings. The number of rotatable bonds is 10. The summed E-state index contributed by atoms with van der Waals surface area (Å²) in [5.74, 6) is 2.44. The summed E-state index contributed by atoms with van der Waals surface area (Å²) in [6.07, 6.45) is 11.8. The van der Waals surface area contributed by atoms with Gasteiger partial charge in [-0.05, 0) is 94.5 Å². The van der Waals surface area contributed by atoms with Gasteiger partial charge in [-0.3, -0.25) is 4.79 Å². The molecule has 2 aliphatic carbocycles. The molecule has 10 heteroatoms. The average Bonchev–Trinajstić information content (AvgIpc) is 3.82. The van der Waals surface area contributed by atoms with E-state index in [1.807, 2.05) is 24.3 Å². The van der Waals surface area contributed by atoms with Crippen LogP contribution in [-0.2, 0) is 0 Å². The molecule has 2 N–H and O–H groups in total. The number of fused-ring (bicyclic) bond motifs is 1. The Kier molecular flexibility index (Phi) is 10.1. The van der Waals surface area contributed by atoms with Crippen molar-refractivity contribution in [3.05, 3.63) is 41.0 Å². The molecule has 3 heterocycles. The second-order valence-corrected chi connectivity index (χ2v) is 12.2. The lowest BCUT2D eigenvalue weighted by Gasteiger charge is -2.32. The fourth-order valence-corrected chi connectivity index (χ4v) is 6.55. The first-order valence-electron chi connectivity index (χ1n) is 13.4. The number of hydrogen-bond acceptors (Lipinski definition) is 6. The van der Waals surface area contributed by atoms with E-state index >= 15 is 0 Å². The minimum absolute atomic E-state index is 0. The Morgan fingerprint density at radius 2 is 1.87 bits per heavy atom. The van der Waals surface area contributed by atoms with E-state index < -0.39 is 0 Å². The molecule has 2 aromatic heterocycles. The van der Waals surface area contributed by atoms with Gasteiger partial charge in [0.2, 0.25) is 5.95 Å². The highest BCUT2D eigenvalue weighted by atomic mass is 35.5. The first-order chi connectivity index (χ1) is 17.6. The van der Waals surface area contributed by atoms with Gasteiger partial charge in [0, 0.05) is 34.8 Å². The highest BCUT2D eigenvalue weighted by Gasteiger charge is 2.27. The van der Waals surface area contributed by atoms with Crippen molar-refractivity contribution in [3.63, 3.8) is 0 Å². The van der Waals surface area contributed by atoms with Crippen molar-refractivity contribution in [3.8, 4) is 10.6 Å². The van der Waals surface area contributed by atoms with Gasteiger partial charge in [0.15, 0.2) is 0 Å². The topological polar surface area (TPSA) is 70.2 Å². The lowest BCUT2D eigenvalue weighted by atomic mass is 9.92. The molecule has 1 amide bonds. The molecule has 1 saturated heterocycles. The fraction of sp³-hybridized carbons (Fsp3) is 0.536. The molecular formula is C28H36Cl3N5OS. The third-order valence-electron chi connectivity index (χ3n) is 7.69. The SMILES string of the molecule is Cl.Cl.O=C(NC1CC1)c1cccc2sc(-c3nc(NCCCC4CCN(CC5CC5)CC4)ncc3Cl)cc12. The second-order valence-electron chi connectivity index (χ2n) is 10.7. The standard InChI is InChI=1S/C28H34ClN5OS.2ClH/c29-23-16-31-28(30-12-2-3-18-10-13-34(14-11-18)17-19-6-7-19)33-26(23)25-15-22-21(4-1-5-24(22)36-25)27(35)32-20-8-9-20;;/h1,4-5,15-16,18-20H,2-3,6-14,17H2,(H,32,35)(H,30,31,33);2*1H. The van der Waals surface area contributed by atoms with Crippen LogP contribution in [0.1, 0.15) is 61.7 Å². The summed E-state index contributed by atoms with van der Waals surface area (Å²) in [7, 11) is 0. The number of halogens is 3. The summed E-state index contributed by atoms with van der Waals surface area (Å²) in [5.41, 5.74) is 1.43. The Labute approximate surface area is 246 Å². The van der Waals surface area contributed by atoms with Crippen molar-refractivity contribution < 1.29 is 4.79 Å². The molecule has 2 saturated carbocycles. The first-order valence-corrected chi connectivity index (χ1v) is 14.6. The lowest BCUT2D eigenvalue weighted by Crippen LogP contribution is -2.35. The van der Waals surface area contributed by atoms with Crippen LogP contribution in [0.2, 0.25) is 5.02 Å². The number of aromatic nitrogens is 2. The minimum Gasteiger partial charge on any atom is -0.354 e. The summed E-state index contributed by atoms with van der Waals surface area (Å²) in [6.45, 7) is 4.75. The Morgan fingerprint density at radius 1 is 1.08 bits per heavy atom. The molecule has 1 aromatic carbocycles. The predicted molar refractivity (Wildman–Crippen MR) is 162 cm³/mol. The van der Waals surface area contributed by atoms with Crippen molar-refractivity contribution >= 4 is 69.7 Å². The van der Waals surface area contributed by atoms with Gasteiger partial charge in [0.1, 0.15) is 5.69 Å². The number of nitrogens with one attached hydrogen (secondary N) is 2. The van der Waals surface area contributed by atoms with Gasteiger partial charge in [-0.15, -0.1) is 36.2 Å². The molecule has 3 aliphatic rings. The van der Waals surface area contributed by atoms with Crippen molar-refractivity contribution in [2.75, 3.05) is 31.5 Å². The largest absolute Gasteiger partial charge is 0.354 e. The van der Waals surface area contributed by atoms with Crippen LogP contribution in [0, 0.1) is 11.8 Å². The quantitative estimate of drug-likeness (QED) is 0.245. The van der Waals surface area contributed by atoms with Crippen molar-refractivity contribution in [2.24, 2.45) is 11.8 Å². The number of thiophene rings is 1. The van der Waals surface area contributed by atoms with Crippen molar-refractivity contribution in [1.82, 2.24) is 20.2 Å². The molecule has 0 radical (unpaired) electrons. The summed E-state index contributed by atoms with van der Waals surface area (Å²) in [6, 6.07) is 8.24. The Bertz CT molecular complexity index is 1240. The van der Waals surface area contributed by atoms with E-state index in [9.17, 15) is 4.79 Å². The van der Waals surface area contributed by atoms with E-state index in [1.165, 1.54) is 51.7 Å². The summed E-state index contributed by atoms with van der Waals surface area (Å²) in [4.78, 5) is 25.5. The van der Waals surface area contributed by atoms with E-state index in [2.05, 4.69) is 20.5 Å². The van der Waals surface area contributed by atoms with E-state index in [1.54, 1.807) is 17.5 Å². The molecule has 0 bridgehead atoms. The summed E-state index contributed by atoms with van der Waals surface area (Å²) < 4.78 is 1.06. The highest BCUT2D eigenvalue weighted by molar-refractivity contribution is 7.22. The van der Waals surface area contributed by atoms with Gasteiger partial charge < -0.3 is 15.5 Å². The number of carbonyl (C=O) groups is 1. The van der Waals surface area contributed by atoms with Crippen LogP contribution >= 0.6 is 47.8 Å². The zero-order valence-electron chi connectivity index (χ0n) is 21.5. The fourth-order valence-electron chi connectivity index (χ4n) is 5.21. The van der Waals surface area contributed by atoms with E-state index in [4.69, 9.17) is 16.6 Å². The second kappa shape index (κ2) is 13.1. The van der Waals surface area contributed by atoms with Gasteiger partial charge in [-0.2, -0.15) is 0 Å². The highest BCUT2D eigenvalue weighted by Crippen LogP contribution is 2.38. The monoisotopic (exact) mass is 595 g/mol. The maximum absolute atomic E-state index is 12.7. The van der Waals surface area contributed by atoms with Crippen LogP contribution in [0.5, 0.6) is 0 Å². The van der Waals surface area contributed by atoms with Crippen LogP contribution < -0.4 is 10.6 Å². The number of hydrogen-bond donors (Lipinski definition) is 2. The van der Waals surface area contributed by atoms with Gasteiger partial charge >= 0.3 is 0 Å². The van der Waals surface area contributed by atoms with Crippen LogP contribution in [0.25, 0.3) is 20.7 Å². The third-order valence-corrected chi connectivity index (χ3v) is 9.07. The van der Waals surface area contributed by atoms with Gasteiger partial charge in [0.25, 0.3) is 5.91 Å². The maximum atomic E-state index is 12.7. The number of benzene rings is 1. The summed E-state index contributed by atoms with van der Waals surface area (Å²) in [5, 5.41) is 7.97. The molecule has 38 heavy (non-hydrogen) atoms. The molecular weight excluding hydrogens is 561 g/mol. The minimum atomic E-state index is -0.00261. The van der Waals surface area contributed by atoms with E-state index in [0.29, 0.717) is 28.3 Å². The molecule has 1 aliphatic heterocycles. The van der Waals surface area contributed by atoms with Crippen LogP contribution in [0.3, 0.4) is 0 Å². The van der Waals surface area contributed by atoms with Gasteiger partial charge in [-0.25, -0.2) is 9.97 Å².